The van der Waals surface area contributed by atoms with Crippen LogP contribution in [0.15, 0.2) is 71.6 Å². The number of carbonyl (C=O) groups is 1. The van der Waals surface area contributed by atoms with E-state index in [0.29, 0.717) is 29.2 Å². The Bertz CT molecular complexity index is 1450. The highest BCUT2D eigenvalue weighted by Gasteiger charge is 2.46. The molecule has 0 spiro atoms. The number of sulfone groups is 1. The monoisotopic (exact) mass is 589 g/mol. The third-order valence-corrected chi connectivity index (χ3v) is 8.87. The Morgan fingerprint density at radius 2 is 1.70 bits per heavy atom. The first-order chi connectivity index (χ1) is 19.0. The summed E-state index contributed by atoms with van der Waals surface area (Å²) in [5.41, 5.74) is 7.81. The summed E-state index contributed by atoms with van der Waals surface area (Å²) in [6, 6.07) is 18.3. The average molecular weight is 590 g/mol. The summed E-state index contributed by atoms with van der Waals surface area (Å²) in [4.78, 5) is 11.2. The topological polar surface area (TPSA) is 156 Å². The van der Waals surface area contributed by atoms with Crippen LogP contribution in [-0.2, 0) is 32.2 Å². The van der Waals surface area contributed by atoms with Crippen LogP contribution in [0.2, 0.25) is 5.02 Å². The van der Waals surface area contributed by atoms with Crippen molar-refractivity contribution in [3.63, 3.8) is 0 Å². The second-order valence-corrected chi connectivity index (χ2v) is 12.2. The molecule has 0 saturated carbocycles. The van der Waals surface area contributed by atoms with Crippen LogP contribution in [0.25, 0.3) is 0 Å². The van der Waals surface area contributed by atoms with Crippen molar-refractivity contribution in [3.05, 3.63) is 94.0 Å². The molecule has 1 aliphatic rings. The Morgan fingerprint density at radius 1 is 0.975 bits per heavy atom. The number of benzene rings is 3. The van der Waals surface area contributed by atoms with E-state index in [1.165, 1.54) is 18.2 Å². The van der Waals surface area contributed by atoms with E-state index in [2.05, 4.69) is 0 Å². The lowest BCUT2D eigenvalue weighted by molar-refractivity contribution is -0.218. The minimum atomic E-state index is -4.02. The molecule has 1 aliphatic heterocycles. The maximum Gasteiger partial charge on any atom is 0.221 e. The summed E-state index contributed by atoms with van der Waals surface area (Å²) in [6.45, 7) is 2.46. The highest BCUT2D eigenvalue weighted by atomic mass is 35.5. The summed E-state index contributed by atoms with van der Waals surface area (Å²) in [7, 11) is -4.02. The quantitative estimate of drug-likeness (QED) is 0.281. The number of aliphatic hydroxyl groups excluding tert-OH is 3. The fourth-order valence-corrected chi connectivity index (χ4v) is 6.43. The van der Waals surface area contributed by atoms with Crippen molar-refractivity contribution < 1.29 is 38.0 Å². The molecule has 3 aromatic rings. The molecule has 0 aromatic heterocycles. The molecule has 5 atom stereocenters. The highest BCUT2D eigenvalue weighted by Crippen LogP contribution is 2.35. The first kappa shape index (κ1) is 30.0. The van der Waals surface area contributed by atoms with E-state index in [4.69, 9.17) is 26.8 Å². The zero-order valence-electron chi connectivity index (χ0n) is 21.8. The number of nitrogens with two attached hydrogens (primary N) is 1. The summed E-state index contributed by atoms with van der Waals surface area (Å²) in [5.74, 6) is -0.524. The predicted molar refractivity (Wildman–Crippen MR) is 149 cm³/mol. The molecule has 1 heterocycles. The Kier molecular flexibility index (Phi) is 9.50. The van der Waals surface area contributed by atoms with Crippen LogP contribution in [0.5, 0.6) is 5.75 Å². The smallest absolute Gasteiger partial charge is 0.221 e. The van der Waals surface area contributed by atoms with Crippen LogP contribution in [0.4, 0.5) is 0 Å². The van der Waals surface area contributed by atoms with Crippen LogP contribution >= 0.6 is 11.6 Å². The van der Waals surface area contributed by atoms with Gasteiger partial charge in [0.05, 0.1) is 23.7 Å². The molecule has 1 saturated heterocycles. The van der Waals surface area contributed by atoms with Gasteiger partial charge in [0.25, 0.3) is 0 Å². The molecule has 11 heteroatoms. The molecule has 40 heavy (non-hydrogen) atoms. The van der Waals surface area contributed by atoms with Gasteiger partial charge in [-0.15, -0.1) is 0 Å². The first-order valence-electron chi connectivity index (χ1n) is 12.8. The second-order valence-electron chi connectivity index (χ2n) is 9.74. The second kappa shape index (κ2) is 12.7. The van der Waals surface area contributed by atoms with Crippen molar-refractivity contribution in [1.82, 2.24) is 0 Å². The van der Waals surface area contributed by atoms with Gasteiger partial charge in [0.15, 0.2) is 9.84 Å². The number of aliphatic hydroxyl groups is 3. The fourth-order valence-electron chi connectivity index (χ4n) is 4.72. The van der Waals surface area contributed by atoms with E-state index >= 15 is 0 Å². The molecule has 1 amide bonds. The van der Waals surface area contributed by atoms with Crippen LogP contribution in [-0.4, -0.2) is 66.4 Å². The van der Waals surface area contributed by atoms with Gasteiger partial charge in [-0.25, -0.2) is 8.42 Å². The maximum atomic E-state index is 13.2. The lowest BCUT2D eigenvalue weighted by Crippen LogP contribution is -2.56. The van der Waals surface area contributed by atoms with Gasteiger partial charge in [0, 0.05) is 5.02 Å². The molecule has 5 N–H and O–H groups in total. The minimum Gasteiger partial charge on any atom is -0.494 e. The number of hydrogen-bond donors (Lipinski definition) is 4. The zero-order chi connectivity index (χ0) is 29.0. The molecule has 0 bridgehead atoms. The van der Waals surface area contributed by atoms with Gasteiger partial charge in [0.1, 0.15) is 36.3 Å². The van der Waals surface area contributed by atoms with Gasteiger partial charge in [-0.2, -0.15) is 0 Å². The van der Waals surface area contributed by atoms with Gasteiger partial charge in [-0.05, 0) is 65.9 Å². The van der Waals surface area contributed by atoms with E-state index in [1.54, 1.807) is 24.3 Å². The fraction of sp³-hybridized carbons (Fsp3) is 0.345. The number of amides is 1. The third-order valence-electron chi connectivity index (χ3n) is 6.76. The van der Waals surface area contributed by atoms with E-state index in [0.717, 1.165) is 16.9 Å². The number of primary amides is 1. The number of hydrogen-bond acceptors (Lipinski definition) is 8. The molecular formula is C29H32ClNO8S. The lowest BCUT2D eigenvalue weighted by atomic mass is 9.90. The van der Waals surface area contributed by atoms with E-state index in [-0.39, 0.29) is 11.3 Å². The third kappa shape index (κ3) is 7.01. The van der Waals surface area contributed by atoms with Gasteiger partial charge < -0.3 is 30.5 Å². The standard InChI is InChI=1S/C29H32ClNO8S/c1-2-38-21-9-6-17(7-10-21)12-20-15-19(8-11-23(20)30)29-28(35)27(34)26(33)24(39-29)16-40(36,37)22-5-3-4-18(13-22)14-25(31)32/h3-11,13,15,24,26-29,33-35H,2,12,14,16H2,1H3,(H2,31,32)/t24-,26-,27+,28-,29+/m1/s1. The SMILES string of the molecule is CCOc1ccc(Cc2cc([C@@H]3O[C@H](CS(=O)(=O)c4cccc(CC(N)=O)c4)[C@@H](O)[C@H](O)[C@H]3O)ccc2Cl)cc1. The van der Waals surface area contributed by atoms with Crippen molar-refractivity contribution in [2.24, 2.45) is 5.73 Å². The largest absolute Gasteiger partial charge is 0.494 e. The van der Waals surface area contributed by atoms with Gasteiger partial charge in [-0.3, -0.25) is 4.79 Å². The van der Waals surface area contributed by atoms with Crippen LogP contribution in [0, 0.1) is 0 Å². The average Bonchev–Trinajstić information content (AvgIpc) is 2.91. The van der Waals surface area contributed by atoms with Crippen molar-refractivity contribution >= 4 is 27.3 Å². The van der Waals surface area contributed by atoms with Gasteiger partial charge >= 0.3 is 0 Å². The zero-order valence-corrected chi connectivity index (χ0v) is 23.4. The van der Waals surface area contributed by atoms with Crippen LogP contribution in [0.3, 0.4) is 0 Å². The van der Waals surface area contributed by atoms with Gasteiger partial charge in [-0.1, -0.05) is 48.0 Å². The maximum absolute atomic E-state index is 13.2. The highest BCUT2D eigenvalue weighted by molar-refractivity contribution is 7.91. The van der Waals surface area contributed by atoms with Crippen LogP contribution < -0.4 is 10.5 Å². The van der Waals surface area contributed by atoms with Crippen molar-refractivity contribution in [2.75, 3.05) is 12.4 Å². The Hall–Kier alpha value is -2.99. The molecular weight excluding hydrogens is 558 g/mol. The lowest BCUT2D eigenvalue weighted by Gasteiger charge is -2.41. The number of rotatable bonds is 10. The Labute approximate surface area is 238 Å². The van der Waals surface area contributed by atoms with Crippen LogP contribution in [0.1, 0.15) is 35.3 Å². The summed E-state index contributed by atoms with van der Waals surface area (Å²) in [5, 5.41) is 32.5. The molecule has 4 rings (SSSR count). The molecule has 0 aliphatic carbocycles. The molecule has 9 nitrogen and oxygen atoms in total. The molecule has 3 aromatic carbocycles. The van der Waals surface area contributed by atoms with E-state index < -0.39 is 52.0 Å². The van der Waals surface area contributed by atoms with Crippen molar-refractivity contribution in [1.29, 1.82) is 0 Å². The summed E-state index contributed by atoms with van der Waals surface area (Å²) >= 11 is 6.46. The predicted octanol–water partition coefficient (Wildman–Crippen LogP) is 2.35. The Morgan fingerprint density at radius 3 is 2.38 bits per heavy atom. The van der Waals surface area contributed by atoms with Crippen molar-refractivity contribution in [2.45, 2.75) is 55.2 Å². The molecule has 214 valence electrons. The minimum absolute atomic E-state index is 0.0802. The summed E-state index contributed by atoms with van der Waals surface area (Å²) < 4.78 is 37.8. The number of halogens is 1. The normalized spacial score (nSPS) is 23.1. The van der Waals surface area contributed by atoms with Crippen molar-refractivity contribution in [3.8, 4) is 5.75 Å². The van der Waals surface area contributed by atoms with E-state index in [9.17, 15) is 28.5 Å². The molecule has 0 unspecified atom stereocenters. The molecule has 0 radical (unpaired) electrons. The Balaban J connectivity index is 1.56. The van der Waals surface area contributed by atoms with Gasteiger partial charge in [0.2, 0.25) is 5.91 Å². The number of carbonyl (C=O) groups excluding carboxylic acids is 1. The molecule has 1 fully saturated rings. The number of ether oxygens (including phenoxy) is 2. The van der Waals surface area contributed by atoms with E-state index in [1.807, 2.05) is 31.2 Å². The first-order valence-corrected chi connectivity index (χ1v) is 14.8. The summed E-state index contributed by atoms with van der Waals surface area (Å²) in [6.07, 6.45) is -6.99.